The molecule has 0 spiro atoms. The van der Waals surface area contributed by atoms with Crippen molar-refractivity contribution in [2.75, 3.05) is 13.6 Å². The first kappa shape index (κ1) is 12.6. The lowest BCUT2D eigenvalue weighted by molar-refractivity contribution is 0.287. The molecule has 17 heavy (non-hydrogen) atoms. The molecule has 0 aromatic carbocycles. The van der Waals surface area contributed by atoms with E-state index in [4.69, 9.17) is 0 Å². The number of nitrogens with zero attached hydrogens (tertiary/aromatic N) is 3. The highest BCUT2D eigenvalue weighted by Gasteiger charge is 2.28. The van der Waals surface area contributed by atoms with E-state index in [1.165, 1.54) is 31.4 Å². The Hall–Kier alpha value is -0.900. The van der Waals surface area contributed by atoms with Crippen molar-refractivity contribution in [1.29, 1.82) is 0 Å². The molecule has 0 saturated heterocycles. The third-order valence-corrected chi connectivity index (χ3v) is 3.84. The first-order valence-corrected chi connectivity index (χ1v) is 6.89. The summed E-state index contributed by atoms with van der Waals surface area (Å²) >= 11 is 0. The lowest BCUT2D eigenvalue weighted by atomic mass is 9.77. The van der Waals surface area contributed by atoms with E-state index in [1.54, 1.807) is 0 Å². The van der Waals surface area contributed by atoms with Gasteiger partial charge in [0.05, 0.1) is 11.9 Å². The largest absolute Gasteiger partial charge is 0.319 e. The van der Waals surface area contributed by atoms with E-state index >= 15 is 0 Å². The summed E-state index contributed by atoms with van der Waals surface area (Å²) in [4.78, 5) is 0. The van der Waals surface area contributed by atoms with Crippen LogP contribution in [0.3, 0.4) is 0 Å². The molecule has 1 heterocycles. The highest BCUT2D eigenvalue weighted by atomic mass is 15.4. The molecule has 96 valence electrons. The second kappa shape index (κ2) is 6.15. The van der Waals surface area contributed by atoms with Crippen molar-refractivity contribution in [2.45, 2.75) is 51.5 Å². The average Bonchev–Trinajstić information content (AvgIpc) is 2.79. The number of rotatable bonds is 5. The summed E-state index contributed by atoms with van der Waals surface area (Å²) in [5, 5.41) is 11.7. The van der Waals surface area contributed by atoms with Gasteiger partial charge < -0.3 is 5.32 Å². The van der Waals surface area contributed by atoms with Gasteiger partial charge in [-0.15, -0.1) is 5.10 Å². The Morgan fingerprint density at radius 2 is 2.24 bits per heavy atom. The molecule has 0 radical (unpaired) electrons. The van der Waals surface area contributed by atoms with Crippen molar-refractivity contribution in [3.8, 4) is 0 Å². The zero-order valence-electron chi connectivity index (χ0n) is 11.0. The van der Waals surface area contributed by atoms with E-state index in [2.05, 4.69) is 27.2 Å². The second-order valence-corrected chi connectivity index (χ2v) is 5.09. The maximum atomic E-state index is 4.22. The van der Waals surface area contributed by atoms with Crippen LogP contribution >= 0.6 is 0 Å². The van der Waals surface area contributed by atoms with Gasteiger partial charge in [-0.25, -0.2) is 4.68 Å². The number of aromatic nitrogens is 3. The van der Waals surface area contributed by atoms with E-state index < -0.39 is 0 Å². The maximum Gasteiger partial charge on any atom is 0.0728 e. The molecule has 1 fully saturated rings. The van der Waals surface area contributed by atoms with Gasteiger partial charge in [-0.3, -0.25) is 0 Å². The van der Waals surface area contributed by atoms with Gasteiger partial charge >= 0.3 is 0 Å². The molecular weight excluding hydrogens is 212 g/mol. The molecule has 2 atom stereocenters. The first-order valence-electron chi connectivity index (χ1n) is 6.89. The van der Waals surface area contributed by atoms with Gasteiger partial charge in [0.1, 0.15) is 0 Å². The monoisotopic (exact) mass is 236 g/mol. The van der Waals surface area contributed by atoms with Gasteiger partial charge in [0.25, 0.3) is 0 Å². The van der Waals surface area contributed by atoms with Gasteiger partial charge in [-0.2, -0.15) is 0 Å². The minimum Gasteiger partial charge on any atom is -0.319 e. The van der Waals surface area contributed by atoms with E-state index in [0.717, 1.165) is 25.4 Å². The predicted molar refractivity (Wildman–Crippen MR) is 68.9 cm³/mol. The lowest BCUT2D eigenvalue weighted by Gasteiger charge is -2.31. The highest BCUT2D eigenvalue weighted by Crippen LogP contribution is 2.37. The van der Waals surface area contributed by atoms with Crippen LogP contribution in [0.15, 0.2) is 6.20 Å². The predicted octanol–water partition coefficient (Wildman–Crippen LogP) is 2.18. The van der Waals surface area contributed by atoms with Crippen LogP contribution in [-0.2, 0) is 6.54 Å². The van der Waals surface area contributed by atoms with Gasteiger partial charge in [0, 0.05) is 12.5 Å². The molecule has 4 heteroatoms. The van der Waals surface area contributed by atoms with Crippen LogP contribution in [0.5, 0.6) is 0 Å². The van der Waals surface area contributed by atoms with Crippen molar-refractivity contribution >= 4 is 0 Å². The van der Waals surface area contributed by atoms with Crippen LogP contribution in [0.4, 0.5) is 0 Å². The molecular formula is C13H24N4. The van der Waals surface area contributed by atoms with Crippen LogP contribution in [0.25, 0.3) is 0 Å². The van der Waals surface area contributed by atoms with Crippen molar-refractivity contribution in [3.63, 3.8) is 0 Å². The topological polar surface area (TPSA) is 42.7 Å². The Kier molecular flexibility index (Phi) is 4.54. The van der Waals surface area contributed by atoms with Crippen LogP contribution in [0, 0.1) is 5.92 Å². The first-order chi connectivity index (χ1) is 8.36. The Morgan fingerprint density at radius 1 is 1.41 bits per heavy atom. The third-order valence-electron chi connectivity index (χ3n) is 3.84. The lowest BCUT2D eigenvalue weighted by Crippen LogP contribution is -2.29. The summed E-state index contributed by atoms with van der Waals surface area (Å²) in [5.74, 6) is 1.40. The van der Waals surface area contributed by atoms with Gasteiger partial charge in [-0.05, 0) is 38.8 Å². The van der Waals surface area contributed by atoms with Crippen molar-refractivity contribution < 1.29 is 0 Å². The SMILES string of the molecule is CCCn1nncc1C1CCCCC1CNC. The number of aryl methyl sites for hydroxylation is 1. The quantitative estimate of drug-likeness (QED) is 0.852. The fraction of sp³-hybridized carbons (Fsp3) is 0.846. The summed E-state index contributed by atoms with van der Waals surface area (Å²) in [7, 11) is 2.05. The molecule has 1 aliphatic carbocycles. The Labute approximate surface area is 104 Å². The van der Waals surface area contributed by atoms with Crippen molar-refractivity contribution in [2.24, 2.45) is 5.92 Å². The minimum atomic E-state index is 0.651. The molecule has 1 aromatic rings. The number of nitrogens with one attached hydrogen (secondary N) is 1. The number of hydrogen-bond acceptors (Lipinski definition) is 3. The van der Waals surface area contributed by atoms with Crippen LogP contribution < -0.4 is 5.32 Å². The molecule has 0 aliphatic heterocycles. The van der Waals surface area contributed by atoms with Gasteiger partial charge in [-0.1, -0.05) is 25.0 Å². The summed E-state index contributed by atoms with van der Waals surface area (Å²) in [6.45, 7) is 4.30. The second-order valence-electron chi connectivity index (χ2n) is 5.09. The molecule has 1 aliphatic rings. The summed E-state index contributed by atoms with van der Waals surface area (Å²) in [6.07, 6.45) is 8.46. The molecule has 2 rings (SSSR count). The third kappa shape index (κ3) is 2.86. The molecule has 2 unspecified atom stereocenters. The summed E-state index contributed by atoms with van der Waals surface area (Å²) in [6, 6.07) is 0. The molecule has 1 saturated carbocycles. The fourth-order valence-corrected chi connectivity index (χ4v) is 3.04. The summed E-state index contributed by atoms with van der Waals surface area (Å²) in [5.41, 5.74) is 1.35. The normalized spacial score (nSPS) is 25.1. The Morgan fingerprint density at radius 3 is 3.00 bits per heavy atom. The van der Waals surface area contributed by atoms with Crippen molar-refractivity contribution in [3.05, 3.63) is 11.9 Å². The molecule has 1 aromatic heterocycles. The molecule has 0 amide bonds. The summed E-state index contributed by atoms with van der Waals surface area (Å²) < 4.78 is 2.11. The zero-order chi connectivity index (χ0) is 12.1. The van der Waals surface area contributed by atoms with Crippen LogP contribution in [-0.4, -0.2) is 28.6 Å². The van der Waals surface area contributed by atoms with E-state index in [9.17, 15) is 0 Å². The van der Waals surface area contributed by atoms with E-state index in [1.807, 2.05) is 13.2 Å². The molecule has 4 nitrogen and oxygen atoms in total. The minimum absolute atomic E-state index is 0.651. The van der Waals surface area contributed by atoms with Crippen LogP contribution in [0.1, 0.15) is 50.6 Å². The highest BCUT2D eigenvalue weighted by molar-refractivity contribution is 5.07. The fourth-order valence-electron chi connectivity index (χ4n) is 3.04. The van der Waals surface area contributed by atoms with Gasteiger partial charge in [0.15, 0.2) is 0 Å². The zero-order valence-corrected chi connectivity index (χ0v) is 11.0. The Balaban J connectivity index is 2.14. The van der Waals surface area contributed by atoms with Crippen molar-refractivity contribution in [1.82, 2.24) is 20.3 Å². The molecule has 1 N–H and O–H groups in total. The van der Waals surface area contributed by atoms with E-state index in [0.29, 0.717) is 5.92 Å². The Bertz CT molecular complexity index is 332. The standard InChI is InChI=1S/C13H24N4/c1-3-8-17-13(10-15-16-17)12-7-5-4-6-11(12)9-14-2/h10-12,14H,3-9H2,1-2H3. The van der Waals surface area contributed by atoms with Crippen LogP contribution in [0.2, 0.25) is 0 Å². The number of hydrogen-bond donors (Lipinski definition) is 1. The maximum absolute atomic E-state index is 4.22. The average molecular weight is 236 g/mol. The van der Waals surface area contributed by atoms with E-state index in [-0.39, 0.29) is 0 Å². The smallest absolute Gasteiger partial charge is 0.0728 e. The van der Waals surface area contributed by atoms with Gasteiger partial charge in [0.2, 0.25) is 0 Å². The molecule has 0 bridgehead atoms.